The summed E-state index contributed by atoms with van der Waals surface area (Å²) in [5.41, 5.74) is 0.494. The number of imidazole rings is 1. The maximum Gasteiger partial charge on any atom is 0.243 e. The van der Waals surface area contributed by atoms with Gasteiger partial charge in [-0.2, -0.15) is 4.31 Å². The van der Waals surface area contributed by atoms with E-state index in [9.17, 15) is 13.2 Å². The fourth-order valence-corrected chi connectivity index (χ4v) is 4.43. The summed E-state index contributed by atoms with van der Waals surface area (Å²) in [6, 6.07) is 6.46. The fourth-order valence-electron chi connectivity index (χ4n) is 2.86. The van der Waals surface area contributed by atoms with Crippen LogP contribution in [0.3, 0.4) is 0 Å². The number of hydrogen-bond donors (Lipinski definition) is 1. The lowest BCUT2D eigenvalue weighted by Gasteiger charge is -2.26. The van der Waals surface area contributed by atoms with E-state index in [0.29, 0.717) is 31.7 Å². The molecule has 0 unspecified atom stereocenters. The second kappa shape index (κ2) is 7.79. The van der Waals surface area contributed by atoms with Crippen LogP contribution >= 0.6 is 0 Å². The first-order valence-electron chi connectivity index (χ1n) is 8.41. The first kappa shape index (κ1) is 17.6. The molecule has 0 spiro atoms. The third kappa shape index (κ3) is 4.46. The van der Waals surface area contributed by atoms with Crippen LogP contribution in [0.25, 0.3) is 0 Å². The van der Waals surface area contributed by atoms with Crippen LogP contribution in [0.4, 0.5) is 5.69 Å². The maximum absolute atomic E-state index is 12.7. The molecule has 1 aliphatic rings. The van der Waals surface area contributed by atoms with Gasteiger partial charge in [0, 0.05) is 44.1 Å². The number of aromatic nitrogens is 2. The van der Waals surface area contributed by atoms with Gasteiger partial charge in [0.15, 0.2) is 0 Å². The molecule has 0 atom stereocenters. The van der Waals surface area contributed by atoms with Gasteiger partial charge in [0.25, 0.3) is 0 Å². The molecule has 1 saturated heterocycles. The summed E-state index contributed by atoms with van der Waals surface area (Å²) in [6.45, 7) is 1.64. The molecule has 2 heterocycles. The van der Waals surface area contributed by atoms with Crippen molar-refractivity contribution >= 4 is 21.6 Å². The van der Waals surface area contributed by atoms with Gasteiger partial charge in [-0.25, -0.2) is 13.4 Å². The number of benzene rings is 1. The third-order valence-corrected chi connectivity index (χ3v) is 6.12. The molecule has 3 rings (SSSR count). The van der Waals surface area contributed by atoms with E-state index in [1.807, 2.05) is 4.57 Å². The molecule has 1 aliphatic heterocycles. The summed E-state index contributed by atoms with van der Waals surface area (Å²) in [4.78, 5) is 16.2. The molecule has 0 bridgehead atoms. The minimum atomic E-state index is -3.50. The highest BCUT2D eigenvalue weighted by Crippen LogP contribution is 2.22. The lowest BCUT2D eigenvalue weighted by molar-refractivity contribution is -0.116. The summed E-state index contributed by atoms with van der Waals surface area (Å²) in [7, 11) is -3.50. The number of carbonyl (C=O) groups is 1. The molecular weight excluding hydrogens is 340 g/mol. The van der Waals surface area contributed by atoms with Crippen molar-refractivity contribution in [3.05, 3.63) is 43.0 Å². The molecule has 8 heteroatoms. The van der Waals surface area contributed by atoms with Crippen LogP contribution in [0, 0.1) is 0 Å². The molecule has 1 amide bonds. The lowest BCUT2D eigenvalue weighted by atomic mass is 10.2. The van der Waals surface area contributed by atoms with E-state index >= 15 is 0 Å². The highest BCUT2D eigenvalue weighted by molar-refractivity contribution is 7.89. The normalized spacial score (nSPS) is 15.8. The maximum atomic E-state index is 12.7. The summed E-state index contributed by atoms with van der Waals surface area (Å²) in [5.74, 6) is -0.166. The molecule has 1 fully saturated rings. The first-order chi connectivity index (χ1) is 12.1. The number of rotatable bonds is 6. The van der Waals surface area contributed by atoms with Crippen LogP contribution in [-0.2, 0) is 21.4 Å². The van der Waals surface area contributed by atoms with Gasteiger partial charge < -0.3 is 9.88 Å². The van der Waals surface area contributed by atoms with E-state index in [1.54, 1.807) is 36.9 Å². The van der Waals surface area contributed by atoms with Gasteiger partial charge in [0.05, 0.1) is 11.2 Å². The Balaban J connectivity index is 1.65. The molecule has 0 saturated carbocycles. The number of nitrogens with one attached hydrogen (secondary N) is 1. The summed E-state index contributed by atoms with van der Waals surface area (Å²) in [5, 5.41) is 2.76. The third-order valence-electron chi connectivity index (χ3n) is 4.23. The molecule has 0 aliphatic carbocycles. The molecule has 0 radical (unpaired) electrons. The zero-order chi connectivity index (χ0) is 17.7. The molecule has 7 nitrogen and oxygen atoms in total. The van der Waals surface area contributed by atoms with E-state index in [1.165, 1.54) is 10.4 Å². The van der Waals surface area contributed by atoms with E-state index in [0.717, 1.165) is 19.3 Å². The molecule has 1 aromatic heterocycles. The van der Waals surface area contributed by atoms with Crippen molar-refractivity contribution in [3.63, 3.8) is 0 Å². The molecular formula is C17H22N4O3S. The number of aryl methyl sites for hydroxylation is 1. The molecule has 134 valence electrons. The van der Waals surface area contributed by atoms with Crippen LogP contribution in [-0.4, -0.2) is 41.3 Å². The highest BCUT2D eigenvalue weighted by Gasteiger charge is 2.26. The van der Waals surface area contributed by atoms with Crippen molar-refractivity contribution in [2.75, 3.05) is 18.4 Å². The zero-order valence-electron chi connectivity index (χ0n) is 14.0. The van der Waals surface area contributed by atoms with Crippen molar-refractivity contribution < 1.29 is 13.2 Å². The molecule has 2 aromatic rings. The van der Waals surface area contributed by atoms with Gasteiger partial charge in [-0.05, 0) is 31.0 Å². The number of hydrogen-bond acceptors (Lipinski definition) is 4. The molecule has 1 N–H and O–H groups in total. The van der Waals surface area contributed by atoms with Crippen LogP contribution < -0.4 is 5.32 Å². The quantitative estimate of drug-likeness (QED) is 0.853. The first-order valence-corrected chi connectivity index (χ1v) is 9.85. The summed E-state index contributed by atoms with van der Waals surface area (Å²) in [6.07, 6.45) is 8.25. The number of amides is 1. The van der Waals surface area contributed by atoms with Crippen molar-refractivity contribution in [3.8, 4) is 0 Å². The standard InChI is InChI=1S/C17H22N4O3S/c22-17(7-11-20-12-8-18-14-20)19-15-5-4-6-16(13-15)25(23,24)21-9-2-1-3-10-21/h4-6,8,12-14H,1-3,7,9-11H2,(H,19,22). The number of nitrogens with zero attached hydrogens (tertiary/aromatic N) is 3. The van der Waals surface area contributed by atoms with Crippen LogP contribution in [0.15, 0.2) is 47.9 Å². The Kier molecular flexibility index (Phi) is 5.50. The Morgan fingerprint density at radius 1 is 1.20 bits per heavy atom. The monoisotopic (exact) mass is 362 g/mol. The van der Waals surface area contributed by atoms with Gasteiger partial charge in [0.1, 0.15) is 0 Å². The topological polar surface area (TPSA) is 84.3 Å². The Bertz CT molecular complexity index is 812. The Morgan fingerprint density at radius 2 is 2.00 bits per heavy atom. The summed E-state index contributed by atoms with van der Waals surface area (Å²) >= 11 is 0. The van der Waals surface area contributed by atoms with Crippen molar-refractivity contribution in [1.29, 1.82) is 0 Å². The van der Waals surface area contributed by atoms with E-state index < -0.39 is 10.0 Å². The van der Waals surface area contributed by atoms with E-state index in [2.05, 4.69) is 10.3 Å². The Hall–Kier alpha value is -2.19. The number of carbonyl (C=O) groups excluding carboxylic acids is 1. The number of piperidine rings is 1. The average molecular weight is 362 g/mol. The van der Waals surface area contributed by atoms with Gasteiger partial charge >= 0.3 is 0 Å². The highest BCUT2D eigenvalue weighted by atomic mass is 32.2. The van der Waals surface area contributed by atoms with Crippen molar-refractivity contribution in [2.24, 2.45) is 0 Å². The Morgan fingerprint density at radius 3 is 2.72 bits per heavy atom. The predicted molar refractivity (Wildman–Crippen MR) is 94.5 cm³/mol. The van der Waals surface area contributed by atoms with Gasteiger partial charge in [-0.15, -0.1) is 0 Å². The zero-order valence-corrected chi connectivity index (χ0v) is 14.8. The molecule has 1 aromatic carbocycles. The van der Waals surface area contributed by atoms with Crippen LogP contribution in [0.2, 0.25) is 0 Å². The van der Waals surface area contributed by atoms with Crippen molar-refractivity contribution in [1.82, 2.24) is 13.9 Å². The van der Waals surface area contributed by atoms with E-state index in [4.69, 9.17) is 0 Å². The number of sulfonamides is 1. The second-order valence-corrected chi connectivity index (χ2v) is 8.03. The average Bonchev–Trinajstić information content (AvgIpc) is 3.14. The minimum absolute atomic E-state index is 0.166. The smallest absolute Gasteiger partial charge is 0.243 e. The largest absolute Gasteiger partial charge is 0.337 e. The van der Waals surface area contributed by atoms with Crippen LogP contribution in [0.5, 0.6) is 0 Å². The molecule has 25 heavy (non-hydrogen) atoms. The minimum Gasteiger partial charge on any atom is -0.337 e. The SMILES string of the molecule is O=C(CCn1ccnc1)Nc1cccc(S(=O)(=O)N2CCCCC2)c1. The number of anilines is 1. The van der Waals surface area contributed by atoms with Gasteiger partial charge in [0.2, 0.25) is 15.9 Å². The predicted octanol–water partition coefficient (Wildman–Crippen LogP) is 2.09. The van der Waals surface area contributed by atoms with Crippen LogP contribution in [0.1, 0.15) is 25.7 Å². The lowest BCUT2D eigenvalue weighted by Crippen LogP contribution is -2.35. The van der Waals surface area contributed by atoms with Gasteiger partial charge in [-0.3, -0.25) is 4.79 Å². The summed E-state index contributed by atoms with van der Waals surface area (Å²) < 4.78 is 28.8. The Labute approximate surface area is 147 Å². The fraction of sp³-hybridized carbons (Fsp3) is 0.412. The van der Waals surface area contributed by atoms with E-state index in [-0.39, 0.29) is 10.8 Å². The van der Waals surface area contributed by atoms with Crippen molar-refractivity contribution in [2.45, 2.75) is 37.1 Å². The van der Waals surface area contributed by atoms with Gasteiger partial charge in [-0.1, -0.05) is 12.5 Å². The second-order valence-electron chi connectivity index (χ2n) is 6.09.